The number of carbonyl (C=O) groups is 2. The van der Waals surface area contributed by atoms with E-state index in [1.54, 1.807) is 31.5 Å². The van der Waals surface area contributed by atoms with Crippen LogP contribution >= 0.6 is 11.6 Å². The highest BCUT2D eigenvalue weighted by Gasteiger charge is 2.26. The van der Waals surface area contributed by atoms with Crippen LogP contribution in [-0.4, -0.2) is 41.9 Å². The minimum absolute atomic E-state index is 0.0663. The highest BCUT2D eigenvalue weighted by Crippen LogP contribution is 2.28. The van der Waals surface area contributed by atoms with Crippen molar-refractivity contribution in [1.82, 2.24) is 9.88 Å². The Morgan fingerprint density at radius 2 is 2.18 bits per heavy atom. The molecular formula is C21H26ClN3O3. The van der Waals surface area contributed by atoms with Crippen LogP contribution in [0.1, 0.15) is 41.7 Å². The van der Waals surface area contributed by atoms with Crippen LogP contribution in [0, 0.1) is 12.8 Å². The summed E-state index contributed by atoms with van der Waals surface area (Å²) in [5.41, 5.74) is 2.19. The van der Waals surface area contributed by atoms with E-state index in [9.17, 15) is 9.59 Å². The van der Waals surface area contributed by atoms with Crippen LogP contribution in [0.4, 0.5) is 5.69 Å². The van der Waals surface area contributed by atoms with Crippen LogP contribution in [0.2, 0.25) is 5.02 Å². The lowest BCUT2D eigenvalue weighted by atomic mass is 9.92. The van der Waals surface area contributed by atoms with E-state index in [1.165, 1.54) is 0 Å². The maximum atomic E-state index is 12.7. The number of nitrogens with one attached hydrogen (secondary N) is 2. The highest BCUT2D eigenvalue weighted by atomic mass is 35.5. The number of aromatic nitrogens is 1. The smallest absolute Gasteiger partial charge is 0.255 e. The van der Waals surface area contributed by atoms with Crippen LogP contribution in [0.15, 0.2) is 30.5 Å². The molecule has 0 bridgehead atoms. The normalized spacial score (nSPS) is 16.7. The van der Waals surface area contributed by atoms with Crippen LogP contribution in [0.5, 0.6) is 5.75 Å². The Balaban J connectivity index is 1.53. The summed E-state index contributed by atoms with van der Waals surface area (Å²) in [6, 6.07) is 6.95. The number of piperidine rings is 1. The summed E-state index contributed by atoms with van der Waals surface area (Å²) >= 11 is 6.01. The van der Waals surface area contributed by atoms with Crippen molar-refractivity contribution in [1.29, 1.82) is 0 Å². The lowest BCUT2D eigenvalue weighted by molar-refractivity contribution is -0.116. The topological polar surface area (TPSA) is 74.4 Å². The summed E-state index contributed by atoms with van der Waals surface area (Å²) in [5.74, 6) is 0.889. The van der Waals surface area contributed by atoms with Gasteiger partial charge in [-0.15, -0.1) is 0 Å². The van der Waals surface area contributed by atoms with E-state index >= 15 is 0 Å². The minimum Gasteiger partial charge on any atom is -0.495 e. The monoisotopic (exact) mass is 403 g/mol. The zero-order valence-corrected chi connectivity index (χ0v) is 17.0. The third-order valence-corrected chi connectivity index (χ3v) is 5.44. The molecule has 1 fully saturated rings. The first-order valence-corrected chi connectivity index (χ1v) is 9.92. The van der Waals surface area contributed by atoms with Crippen molar-refractivity contribution in [2.75, 3.05) is 25.5 Å². The molecule has 1 atom stereocenters. The number of carbonyl (C=O) groups excluding carboxylic acids is 2. The van der Waals surface area contributed by atoms with Gasteiger partial charge in [-0.2, -0.15) is 0 Å². The number of benzene rings is 1. The van der Waals surface area contributed by atoms with Gasteiger partial charge in [0.05, 0.1) is 18.4 Å². The molecule has 3 rings (SSSR count). The molecule has 2 heterocycles. The van der Waals surface area contributed by atoms with Crippen molar-refractivity contribution in [3.8, 4) is 5.75 Å². The largest absolute Gasteiger partial charge is 0.495 e. The number of H-pyrrole nitrogens is 1. The van der Waals surface area contributed by atoms with Crippen molar-refractivity contribution in [3.63, 3.8) is 0 Å². The number of hydrogen-bond donors (Lipinski definition) is 2. The first-order valence-electron chi connectivity index (χ1n) is 9.54. The fourth-order valence-corrected chi connectivity index (χ4v) is 3.84. The van der Waals surface area contributed by atoms with E-state index in [0.717, 1.165) is 37.1 Å². The molecule has 28 heavy (non-hydrogen) atoms. The Labute approximate surface area is 170 Å². The summed E-state index contributed by atoms with van der Waals surface area (Å²) in [7, 11) is 1.55. The number of likely N-dealkylation sites (tertiary alicyclic amines) is 1. The summed E-state index contributed by atoms with van der Waals surface area (Å²) in [4.78, 5) is 30.1. The Morgan fingerprint density at radius 1 is 1.36 bits per heavy atom. The first-order chi connectivity index (χ1) is 13.5. The van der Waals surface area contributed by atoms with Gasteiger partial charge in [0.1, 0.15) is 5.75 Å². The van der Waals surface area contributed by atoms with Gasteiger partial charge in [-0.25, -0.2) is 0 Å². The standard InChI is InChI=1S/C21H26ClN3O3/c1-14-17(9-10-23-14)21(27)25-11-3-4-15(13-25)5-8-20(26)24-18-12-16(22)6-7-19(18)28-2/h6-7,9-10,12,15,23H,3-5,8,11,13H2,1-2H3,(H,24,26)/t15-/m0/s1. The fourth-order valence-electron chi connectivity index (χ4n) is 3.67. The molecule has 1 aromatic carbocycles. The second kappa shape index (κ2) is 9.15. The first kappa shape index (κ1) is 20.3. The van der Waals surface area contributed by atoms with E-state index in [-0.39, 0.29) is 11.8 Å². The number of nitrogens with zero attached hydrogens (tertiary/aromatic N) is 1. The molecule has 0 unspecified atom stereocenters. The molecule has 6 nitrogen and oxygen atoms in total. The van der Waals surface area contributed by atoms with Crippen LogP contribution in [-0.2, 0) is 4.79 Å². The van der Waals surface area contributed by atoms with Gasteiger partial charge in [-0.1, -0.05) is 11.6 Å². The van der Waals surface area contributed by atoms with Gasteiger partial charge in [0, 0.05) is 36.4 Å². The van der Waals surface area contributed by atoms with E-state index in [4.69, 9.17) is 16.3 Å². The lowest BCUT2D eigenvalue weighted by Gasteiger charge is -2.32. The van der Waals surface area contributed by atoms with Gasteiger partial charge in [0.2, 0.25) is 5.91 Å². The Morgan fingerprint density at radius 3 is 2.89 bits per heavy atom. The molecule has 7 heteroatoms. The maximum absolute atomic E-state index is 12.7. The molecule has 1 aliphatic rings. The van der Waals surface area contributed by atoms with Crippen molar-refractivity contribution >= 4 is 29.1 Å². The average Bonchev–Trinajstić information content (AvgIpc) is 3.12. The molecule has 0 radical (unpaired) electrons. The van der Waals surface area contributed by atoms with E-state index in [0.29, 0.717) is 35.3 Å². The summed E-state index contributed by atoms with van der Waals surface area (Å²) in [6.07, 6.45) is 4.92. The molecule has 2 N–H and O–H groups in total. The number of aryl methyl sites for hydroxylation is 1. The molecule has 150 valence electrons. The number of aromatic amines is 1. The number of ether oxygens (including phenoxy) is 1. The van der Waals surface area contributed by atoms with Crippen LogP contribution in [0.25, 0.3) is 0 Å². The quantitative estimate of drug-likeness (QED) is 0.756. The molecule has 1 aliphatic heterocycles. The Bertz CT molecular complexity index is 849. The van der Waals surface area contributed by atoms with Gasteiger partial charge in [0.15, 0.2) is 0 Å². The van der Waals surface area contributed by atoms with Gasteiger partial charge in [-0.05, 0) is 56.4 Å². The zero-order chi connectivity index (χ0) is 20.1. The van der Waals surface area contributed by atoms with Gasteiger partial charge in [-0.3, -0.25) is 9.59 Å². The molecule has 2 aromatic rings. The number of amides is 2. The summed E-state index contributed by atoms with van der Waals surface area (Å²) in [6.45, 7) is 3.37. The highest BCUT2D eigenvalue weighted by molar-refractivity contribution is 6.31. The number of methoxy groups -OCH3 is 1. The predicted molar refractivity (Wildman–Crippen MR) is 110 cm³/mol. The Kier molecular flexibility index (Phi) is 6.62. The van der Waals surface area contributed by atoms with Gasteiger partial charge >= 0.3 is 0 Å². The van der Waals surface area contributed by atoms with Crippen LogP contribution < -0.4 is 10.1 Å². The van der Waals surface area contributed by atoms with Crippen molar-refractivity contribution < 1.29 is 14.3 Å². The number of halogens is 1. The molecule has 1 saturated heterocycles. The molecule has 0 aliphatic carbocycles. The second-order valence-electron chi connectivity index (χ2n) is 7.21. The SMILES string of the molecule is COc1ccc(Cl)cc1NC(=O)CC[C@@H]1CCCN(C(=O)c2cc[nH]c2C)C1. The van der Waals surface area contributed by atoms with Crippen molar-refractivity contribution in [3.05, 3.63) is 46.7 Å². The molecule has 0 spiro atoms. The van der Waals surface area contributed by atoms with E-state index in [2.05, 4.69) is 10.3 Å². The van der Waals surface area contributed by atoms with Crippen LogP contribution in [0.3, 0.4) is 0 Å². The van der Waals surface area contributed by atoms with E-state index in [1.807, 2.05) is 17.9 Å². The Hall–Kier alpha value is -2.47. The van der Waals surface area contributed by atoms with Gasteiger partial charge in [0.25, 0.3) is 5.91 Å². The third kappa shape index (κ3) is 4.87. The maximum Gasteiger partial charge on any atom is 0.255 e. The fraction of sp³-hybridized carbons (Fsp3) is 0.429. The van der Waals surface area contributed by atoms with Crippen molar-refractivity contribution in [2.24, 2.45) is 5.92 Å². The second-order valence-corrected chi connectivity index (χ2v) is 7.64. The van der Waals surface area contributed by atoms with Crippen molar-refractivity contribution in [2.45, 2.75) is 32.6 Å². The average molecular weight is 404 g/mol. The molecular weight excluding hydrogens is 378 g/mol. The summed E-state index contributed by atoms with van der Waals surface area (Å²) < 4.78 is 5.26. The zero-order valence-electron chi connectivity index (χ0n) is 16.3. The van der Waals surface area contributed by atoms with E-state index < -0.39 is 0 Å². The number of hydrogen-bond acceptors (Lipinski definition) is 3. The minimum atomic E-state index is -0.0782. The third-order valence-electron chi connectivity index (χ3n) is 5.21. The molecule has 0 saturated carbocycles. The number of anilines is 1. The lowest BCUT2D eigenvalue weighted by Crippen LogP contribution is -2.40. The predicted octanol–water partition coefficient (Wildman–Crippen LogP) is 4.26. The van der Waals surface area contributed by atoms with Gasteiger partial charge < -0.3 is 19.9 Å². The molecule has 1 aromatic heterocycles. The number of rotatable bonds is 6. The molecule has 2 amide bonds. The summed E-state index contributed by atoms with van der Waals surface area (Å²) in [5, 5.41) is 3.41.